The molecule has 0 aliphatic carbocycles. The van der Waals surface area contributed by atoms with E-state index in [0.717, 1.165) is 5.56 Å². The average molecular weight is 232 g/mol. The lowest BCUT2D eigenvalue weighted by Gasteiger charge is -2.00. The van der Waals surface area contributed by atoms with Crippen LogP contribution in [0.25, 0.3) is 6.08 Å². The Kier molecular flexibility index (Phi) is 4.89. The molecule has 1 aromatic rings. The Hall–Kier alpha value is -2.15. The second kappa shape index (κ2) is 6.44. The summed E-state index contributed by atoms with van der Waals surface area (Å²) in [7, 11) is 0. The van der Waals surface area contributed by atoms with Gasteiger partial charge in [-0.15, -0.1) is 0 Å². The number of rotatable bonds is 4. The summed E-state index contributed by atoms with van der Waals surface area (Å²) in [4.78, 5) is 10.6. The third-order valence-electron chi connectivity index (χ3n) is 2.12. The molecule has 3 nitrogen and oxygen atoms in total. The minimum absolute atomic E-state index is 0.0548. The van der Waals surface area contributed by atoms with Gasteiger partial charge in [0.25, 0.3) is 0 Å². The summed E-state index contributed by atoms with van der Waals surface area (Å²) in [5.41, 5.74) is 1.19. The molecule has 1 N–H and O–H groups in total. The van der Waals surface area contributed by atoms with Crippen molar-refractivity contribution in [2.24, 2.45) is 0 Å². The van der Waals surface area contributed by atoms with Crippen LogP contribution in [0, 0.1) is 17.1 Å². The van der Waals surface area contributed by atoms with Crippen molar-refractivity contribution in [3.63, 3.8) is 0 Å². The SMILES string of the molecule is CC(=O)NCC=Cc1ccc(F)c(CC#N)c1. The normalized spacial score (nSPS) is 10.2. The molecule has 0 aromatic heterocycles. The van der Waals surface area contributed by atoms with E-state index in [2.05, 4.69) is 5.32 Å². The van der Waals surface area contributed by atoms with Gasteiger partial charge in [-0.3, -0.25) is 4.79 Å². The van der Waals surface area contributed by atoms with Crippen molar-refractivity contribution in [3.8, 4) is 6.07 Å². The molecule has 1 aromatic carbocycles. The highest BCUT2D eigenvalue weighted by Crippen LogP contribution is 2.12. The van der Waals surface area contributed by atoms with Gasteiger partial charge in [-0.1, -0.05) is 18.2 Å². The monoisotopic (exact) mass is 232 g/mol. The minimum atomic E-state index is -0.370. The maximum atomic E-state index is 13.2. The predicted octanol–water partition coefficient (Wildman–Crippen LogP) is 2.04. The molecule has 0 unspecified atom stereocenters. The molecule has 17 heavy (non-hydrogen) atoms. The van der Waals surface area contributed by atoms with E-state index in [4.69, 9.17) is 5.26 Å². The Morgan fingerprint density at radius 1 is 1.59 bits per heavy atom. The van der Waals surface area contributed by atoms with Gasteiger partial charge in [0, 0.05) is 19.0 Å². The molecule has 0 fully saturated rings. The van der Waals surface area contributed by atoms with Crippen LogP contribution in [0.1, 0.15) is 18.1 Å². The number of hydrogen-bond acceptors (Lipinski definition) is 2. The molecule has 0 aliphatic heterocycles. The first kappa shape index (κ1) is 12.9. The zero-order valence-corrected chi connectivity index (χ0v) is 9.53. The van der Waals surface area contributed by atoms with Gasteiger partial charge in [-0.25, -0.2) is 4.39 Å². The topological polar surface area (TPSA) is 52.9 Å². The first-order valence-electron chi connectivity index (χ1n) is 5.20. The first-order valence-corrected chi connectivity index (χ1v) is 5.20. The van der Waals surface area contributed by atoms with Crippen LogP contribution < -0.4 is 5.32 Å². The fraction of sp³-hybridized carbons (Fsp3) is 0.231. The summed E-state index contributed by atoms with van der Waals surface area (Å²) in [6.45, 7) is 1.87. The Morgan fingerprint density at radius 3 is 3.00 bits per heavy atom. The lowest BCUT2D eigenvalue weighted by molar-refractivity contribution is -0.118. The number of amides is 1. The van der Waals surface area contributed by atoms with Crippen LogP contribution in [0.15, 0.2) is 24.3 Å². The van der Waals surface area contributed by atoms with Crippen molar-refractivity contribution >= 4 is 12.0 Å². The summed E-state index contributed by atoms with van der Waals surface area (Å²) in [5.74, 6) is -0.468. The van der Waals surface area contributed by atoms with Crippen molar-refractivity contribution in [1.82, 2.24) is 5.32 Å². The van der Waals surface area contributed by atoms with Crippen molar-refractivity contribution in [2.75, 3.05) is 6.54 Å². The summed E-state index contributed by atoms with van der Waals surface area (Å²) in [6.07, 6.45) is 3.60. The van der Waals surface area contributed by atoms with Crippen molar-refractivity contribution in [2.45, 2.75) is 13.3 Å². The van der Waals surface area contributed by atoms with Gasteiger partial charge in [0.15, 0.2) is 0 Å². The van der Waals surface area contributed by atoms with Crippen LogP contribution in [0.2, 0.25) is 0 Å². The Bertz CT molecular complexity index is 475. The summed E-state index contributed by atoms with van der Waals surface area (Å²) < 4.78 is 13.2. The van der Waals surface area contributed by atoms with E-state index in [1.54, 1.807) is 24.3 Å². The first-order chi connectivity index (χ1) is 8.13. The van der Waals surface area contributed by atoms with E-state index < -0.39 is 0 Å². The zero-order chi connectivity index (χ0) is 12.7. The van der Waals surface area contributed by atoms with Crippen LogP contribution in [0.3, 0.4) is 0 Å². The highest BCUT2D eigenvalue weighted by Gasteiger charge is 2.01. The average Bonchev–Trinajstić information content (AvgIpc) is 2.28. The van der Waals surface area contributed by atoms with Gasteiger partial charge in [0.2, 0.25) is 5.91 Å². The molecular weight excluding hydrogens is 219 g/mol. The van der Waals surface area contributed by atoms with E-state index in [-0.39, 0.29) is 18.1 Å². The molecule has 1 rings (SSSR count). The number of carbonyl (C=O) groups excluding carboxylic acids is 1. The van der Waals surface area contributed by atoms with Gasteiger partial charge >= 0.3 is 0 Å². The quantitative estimate of drug-likeness (QED) is 0.863. The molecule has 0 saturated heterocycles. The van der Waals surface area contributed by atoms with Gasteiger partial charge in [-0.05, 0) is 17.7 Å². The molecule has 0 saturated carbocycles. The van der Waals surface area contributed by atoms with Gasteiger partial charge in [-0.2, -0.15) is 5.26 Å². The zero-order valence-electron chi connectivity index (χ0n) is 9.53. The fourth-order valence-corrected chi connectivity index (χ4v) is 1.32. The van der Waals surface area contributed by atoms with Crippen LogP contribution in [-0.4, -0.2) is 12.5 Å². The predicted molar refractivity (Wildman–Crippen MR) is 63.4 cm³/mol. The number of benzene rings is 1. The molecule has 4 heteroatoms. The van der Waals surface area contributed by atoms with E-state index in [0.29, 0.717) is 12.1 Å². The standard InChI is InChI=1S/C13H13FN2O/c1-10(17)16-8-2-3-11-4-5-13(14)12(9-11)6-7-15/h2-5,9H,6,8H2,1H3,(H,16,17). The van der Waals surface area contributed by atoms with Crippen molar-refractivity contribution in [3.05, 3.63) is 41.2 Å². The minimum Gasteiger partial charge on any atom is -0.353 e. The van der Waals surface area contributed by atoms with E-state index >= 15 is 0 Å². The molecule has 0 aliphatic rings. The second-order valence-corrected chi connectivity index (χ2v) is 3.53. The van der Waals surface area contributed by atoms with E-state index in [9.17, 15) is 9.18 Å². The fourth-order valence-electron chi connectivity index (χ4n) is 1.32. The maximum Gasteiger partial charge on any atom is 0.217 e. The van der Waals surface area contributed by atoms with E-state index in [1.807, 2.05) is 6.07 Å². The van der Waals surface area contributed by atoms with Crippen molar-refractivity contribution in [1.29, 1.82) is 5.26 Å². The highest BCUT2D eigenvalue weighted by molar-refractivity contribution is 5.73. The number of nitriles is 1. The molecule has 1 amide bonds. The lowest BCUT2D eigenvalue weighted by Crippen LogP contribution is -2.19. The molecular formula is C13H13FN2O. The Morgan fingerprint density at radius 2 is 2.35 bits per heavy atom. The summed E-state index contributed by atoms with van der Waals surface area (Å²) in [5, 5.41) is 11.1. The number of hydrogen-bond donors (Lipinski definition) is 1. The maximum absolute atomic E-state index is 13.2. The van der Waals surface area contributed by atoms with Gasteiger partial charge in [0.05, 0.1) is 12.5 Å². The molecule has 0 heterocycles. The smallest absolute Gasteiger partial charge is 0.217 e. The summed E-state index contributed by atoms with van der Waals surface area (Å²) >= 11 is 0. The number of carbonyl (C=O) groups is 1. The van der Waals surface area contributed by atoms with Crippen LogP contribution in [0.4, 0.5) is 4.39 Å². The number of nitrogens with zero attached hydrogens (tertiary/aromatic N) is 1. The second-order valence-electron chi connectivity index (χ2n) is 3.53. The third-order valence-corrected chi connectivity index (χ3v) is 2.12. The number of nitrogens with one attached hydrogen (secondary N) is 1. The lowest BCUT2D eigenvalue weighted by atomic mass is 10.1. The molecule has 0 radical (unpaired) electrons. The van der Waals surface area contributed by atoms with Crippen LogP contribution >= 0.6 is 0 Å². The van der Waals surface area contributed by atoms with Crippen molar-refractivity contribution < 1.29 is 9.18 Å². The third kappa shape index (κ3) is 4.47. The molecule has 0 spiro atoms. The molecule has 88 valence electrons. The highest BCUT2D eigenvalue weighted by atomic mass is 19.1. The van der Waals surface area contributed by atoms with Crippen LogP contribution in [-0.2, 0) is 11.2 Å². The van der Waals surface area contributed by atoms with Gasteiger partial charge in [0.1, 0.15) is 5.82 Å². The Labute approximate surface area is 99.6 Å². The number of halogens is 1. The summed E-state index contributed by atoms with van der Waals surface area (Å²) in [6, 6.07) is 6.50. The van der Waals surface area contributed by atoms with E-state index in [1.165, 1.54) is 13.0 Å². The molecule has 0 bridgehead atoms. The molecule has 0 atom stereocenters. The van der Waals surface area contributed by atoms with Gasteiger partial charge < -0.3 is 5.32 Å². The van der Waals surface area contributed by atoms with Crippen LogP contribution in [0.5, 0.6) is 0 Å². The largest absolute Gasteiger partial charge is 0.353 e. The Balaban J connectivity index is 2.69.